The molecule has 2 aromatic carbocycles. The van der Waals surface area contributed by atoms with Crippen molar-refractivity contribution in [1.29, 1.82) is 0 Å². The highest BCUT2D eigenvalue weighted by molar-refractivity contribution is 5.78. The summed E-state index contributed by atoms with van der Waals surface area (Å²) in [6, 6.07) is 15.0. The lowest BCUT2D eigenvalue weighted by Gasteiger charge is -2.30. The number of aromatic nitrogens is 3. The van der Waals surface area contributed by atoms with Crippen LogP contribution in [0.25, 0.3) is 0 Å². The molecule has 1 fully saturated rings. The number of methoxy groups -OCH3 is 2. The average molecular weight is 394 g/mol. The fourth-order valence-electron chi connectivity index (χ4n) is 3.39. The molecule has 0 radical (unpaired) electrons. The van der Waals surface area contributed by atoms with Crippen LogP contribution in [-0.2, 0) is 16.0 Å². The van der Waals surface area contributed by atoms with Crippen molar-refractivity contribution in [3.63, 3.8) is 0 Å². The molecule has 0 saturated carbocycles. The fraction of sp³-hybridized carbons (Fsp3) is 0.286. The Hall–Kier alpha value is -3.39. The SMILES string of the molecule is COc1ccc(Cc2nc([C@H]3OCC(=O)N[C@@H]3c3ccccc3)n[nH]2)cc1OC. The first-order valence-corrected chi connectivity index (χ1v) is 9.26. The number of morpholine rings is 1. The van der Waals surface area contributed by atoms with Gasteiger partial charge in [-0.25, -0.2) is 4.98 Å². The lowest BCUT2D eigenvalue weighted by molar-refractivity contribution is -0.137. The summed E-state index contributed by atoms with van der Waals surface area (Å²) in [4.78, 5) is 16.5. The van der Waals surface area contributed by atoms with E-state index in [0.717, 1.165) is 11.1 Å². The van der Waals surface area contributed by atoms with Gasteiger partial charge in [-0.3, -0.25) is 9.89 Å². The van der Waals surface area contributed by atoms with Crippen LogP contribution in [0.5, 0.6) is 11.5 Å². The van der Waals surface area contributed by atoms with Gasteiger partial charge in [0.05, 0.1) is 20.3 Å². The molecule has 2 heterocycles. The van der Waals surface area contributed by atoms with Gasteiger partial charge in [-0.15, -0.1) is 0 Å². The number of aromatic amines is 1. The van der Waals surface area contributed by atoms with Crippen molar-refractivity contribution in [3.8, 4) is 11.5 Å². The van der Waals surface area contributed by atoms with Crippen molar-refractivity contribution < 1.29 is 19.0 Å². The molecule has 1 aliphatic rings. The Kier molecular flexibility index (Phi) is 5.44. The molecule has 3 aromatic rings. The van der Waals surface area contributed by atoms with Crippen LogP contribution in [0.4, 0.5) is 0 Å². The highest BCUT2D eigenvalue weighted by Crippen LogP contribution is 2.33. The Bertz CT molecular complexity index is 989. The van der Waals surface area contributed by atoms with E-state index in [1.54, 1.807) is 14.2 Å². The summed E-state index contributed by atoms with van der Waals surface area (Å²) in [6.45, 7) is -0.0203. The molecule has 1 aromatic heterocycles. The number of amides is 1. The minimum atomic E-state index is -0.467. The Balaban J connectivity index is 1.55. The molecule has 8 heteroatoms. The molecule has 1 amide bonds. The highest BCUT2D eigenvalue weighted by atomic mass is 16.5. The van der Waals surface area contributed by atoms with Gasteiger partial charge in [0.25, 0.3) is 0 Å². The van der Waals surface area contributed by atoms with Gasteiger partial charge in [0, 0.05) is 6.42 Å². The first-order chi connectivity index (χ1) is 14.2. The predicted molar refractivity (Wildman–Crippen MR) is 105 cm³/mol. The van der Waals surface area contributed by atoms with E-state index in [1.807, 2.05) is 48.5 Å². The van der Waals surface area contributed by atoms with Crippen LogP contribution < -0.4 is 14.8 Å². The minimum Gasteiger partial charge on any atom is -0.493 e. The second-order valence-corrected chi connectivity index (χ2v) is 6.69. The molecule has 29 heavy (non-hydrogen) atoms. The van der Waals surface area contributed by atoms with Crippen LogP contribution in [0.15, 0.2) is 48.5 Å². The van der Waals surface area contributed by atoms with E-state index < -0.39 is 6.10 Å². The van der Waals surface area contributed by atoms with Crippen molar-refractivity contribution in [2.45, 2.75) is 18.6 Å². The number of nitrogens with zero attached hydrogens (tertiary/aromatic N) is 2. The van der Waals surface area contributed by atoms with E-state index in [0.29, 0.717) is 29.6 Å². The second-order valence-electron chi connectivity index (χ2n) is 6.69. The summed E-state index contributed by atoms with van der Waals surface area (Å²) >= 11 is 0. The quantitative estimate of drug-likeness (QED) is 0.666. The maximum absolute atomic E-state index is 11.9. The van der Waals surface area contributed by atoms with Crippen LogP contribution in [0.2, 0.25) is 0 Å². The monoisotopic (exact) mass is 394 g/mol. The lowest BCUT2D eigenvalue weighted by Crippen LogP contribution is -2.42. The van der Waals surface area contributed by atoms with E-state index in [4.69, 9.17) is 14.2 Å². The number of benzene rings is 2. The van der Waals surface area contributed by atoms with E-state index in [-0.39, 0.29) is 18.6 Å². The standard InChI is InChI=1S/C21H22N4O4/c1-27-15-9-8-13(10-16(15)28-2)11-17-22-21(25-24-17)20-19(23-18(26)12-29-20)14-6-4-3-5-7-14/h3-10,19-20H,11-12H2,1-2H3,(H,23,26)(H,22,24,25)/t19-,20+/m1/s1. The van der Waals surface area contributed by atoms with Crippen LogP contribution in [0, 0.1) is 0 Å². The maximum Gasteiger partial charge on any atom is 0.246 e. The summed E-state index contributed by atoms with van der Waals surface area (Å²) < 4.78 is 16.4. The van der Waals surface area contributed by atoms with E-state index in [2.05, 4.69) is 20.5 Å². The van der Waals surface area contributed by atoms with Gasteiger partial charge in [-0.2, -0.15) is 5.10 Å². The average Bonchev–Trinajstić information content (AvgIpc) is 3.22. The largest absolute Gasteiger partial charge is 0.493 e. The van der Waals surface area contributed by atoms with Crippen LogP contribution in [-0.4, -0.2) is 41.9 Å². The van der Waals surface area contributed by atoms with E-state index in [9.17, 15) is 4.79 Å². The number of carbonyl (C=O) groups excluding carboxylic acids is 1. The van der Waals surface area contributed by atoms with Gasteiger partial charge in [0.15, 0.2) is 17.3 Å². The molecule has 150 valence electrons. The smallest absolute Gasteiger partial charge is 0.246 e. The first-order valence-electron chi connectivity index (χ1n) is 9.26. The third-order valence-corrected chi connectivity index (χ3v) is 4.79. The van der Waals surface area contributed by atoms with Gasteiger partial charge in [-0.1, -0.05) is 36.4 Å². The van der Waals surface area contributed by atoms with Gasteiger partial charge in [0.2, 0.25) is 5.91 Å². The minimum absolute atomic E-state index is 0.0203. The second kappa shape index (κ2) is 8.32. The van der Waals surface area contributed by atoms with Gasteiger partial charge in [-0.05, 0) is 23.3 Å². The first kappa shape index (κ1) is 18.9. The third kappa shape index (κ3) is 4.07. The zero-order valence-electron chi connectivity index (χ0n) is 16.2. The number of hydrogen-bond donors (Lipinski definition) is 2. The molecule has 4 rings (SSSR count). The number of nitrogens with one attached hydrogen (secondary N) is 2. The molecule has 8 nitrogen and oxygen atoms in total. The van der Waals surface area contributed by atoms with Crippen molar-refractivity contribution in [1.82, 2.24) is 20.5 Å². The predicted octanol–water partition coefficient (Wildman–Crippen LogP) is 2.34. The molecule has 1 saturated heterocycles. The van der Waals surface area contributed by atoms with Crippen LogP contribution >= 0.6 is 0 Å². The molecule has 2 atom stereocenters. The summed E-state index contributed by atoms with van der Waals surface area (Å²) in [6.07, 6.45) is 0.0770. The molecule has 0 aliphatic carbocycles. The number of rotatable bonds is 6. The molecule has 0 bridgehead atoms. The summed E-state index contributed by atoms with van der Waals surface area (Å²) in [5.74, 6) is 2.38. The topological polar surface area (TPSA) is 98.4 Å². The normalized spacial score (nSPS) is 18.9. The summed E-state index contributed by atoms with van der Waals surface area (Å²) in [7, 11) is 3.21. The van der Waals surface area contributed by atoms with Gasteiger partial charge < -0.3 is 19.5 Å². The van der Waals surface area contributed by atoms with Crippen molar-refractivity contribution in [2.24, 2.45) is 0 Å². The maximum atomic E-state index is 11.9. The zero-order valence-corrected chi connectivity index (χ0v) is 16.2. The van der Waals surface area contributed by atoms with Crippen molar-refractivity contribution >= 4 is 5.91 Å². The number of hydrogen-bond acceptors (Lipinski definition) is 6. The number of H-pyrrole nitrogens is 1. The van der Waals surface area contributed by atoms with Gasteiger partial charge >= 0.3 is 0 Å². The van der Waals surface area contributed by atoms with Crippen molar-refractivity contribution in [2.75, 3.05) is 20.8 Å². The lowest BCUT2D eigenvalue weighted by atomic mass is 9.99. The zero-order chi connectivity index (χ0) is 20.2. The highest BCUT2D eigenvalue weighted by Gasteiger charge is 2.34. The fourth-order valence-corrected chi connectivity index (χ4v) is 3.39. The number of ether oxygens (including phenoxy) is 3. The molecule has 0 unspecified atom stereocenters. The Morgan fingerprint density at radius 2 is 1.90 bits per heavy atom. The van der Waals surface area contributed by atoms with Crippen LogP contribution in [0.1, 0.15) is 34.9 Å². The molecule has 2 N–H and O–H groups in total. The third-order valence-electron chi connectivity index (χ3n) is 4.79. The molecule has 0 spiro atoms. The number of carbonyl (C=O) groups is 1. The molecule has 1 aliphatic heterocycles. The van der Waals surface area contributed by atoms with Crippen LogP contribution in [0.3, 0.4) is 0 Å². The Morgan fingerprint density at radius 3 is 2.66 bits per heavy atom. The van der Waals surface area contributed by atoms with Crippen molar-refractivity contribution in [3.05, 3.63) is 71.3 Å². The Labute approximate surface area is 168 Å². The van der Waals surface area contributed by atoms with E-state index in [1.165, 1.54) is 0 Å². The van der Waals surface area contributed by atoms with E-state index >= 15 is 0 Å². The summed E-state index contributed by atoms with van der Waals surface area (Å²) in [5, 5.41) is 10.3. The van der Waals surface area contributed by atoms with Gasteiger partial charge in [0.1, 0.15) is 18.5 Å². The molecular formula is C21H22N4O4. The summed E-state index contributed by atoms with van der Waals surface area (Å²) in [5.41, 5.74) is 1.94. The molecular weight excluding hydrogens is 372 g/mol. The Morgan fingerprint density at radius 1 is 1.10 bits per heavy atom.